The molecule has 0 aromatic heterocycles. The molecule has 2 aromatic carbocycles. The summed E-state index contributed by atoms with van der Waals surface area (Å²) in [6.45, 7) is 9.42. The lowest BCUT2D eigenvalue weighted by Crippen LogP contribution is -2.49. The molecular formula is C24H32N2O3. The SMILES string of the molecule is CC(C)C[C@H](NC(=O)OC(C)(C)C)C(=O)NC(c1ccccc1)c1ccccc1. The van der Waals surface area contributed by atoms with Gasteiger partial charge in [-0.2, -0.15) is 0 Å². The highest BCUT2D eigenvalue weighted by molar-refractivity contribution is 5.86. The maximum absolute atomic E-state index is 13.2. The summed E-state index contributed by atoms with van der Waals surface area (Å²) in [6, 6.07) is 18.6. The van der Waals surface area contributed by atoms with Gasteiger partial charge in [0.15, 0.2) is 0 Å². The van der Waals surface area contributed by atoms with Crippen molar-refractivity contribution in [3.8, 4) is 0 Å². The first kappa shape index (κ1) is 22.5. The van der Waals surface area contributed by atoms with Crippen molar-refractivity contribution in [3.05, 3.63) is 71.8 Å². The Bertz CT molecular complexity index is 743. The van der Waals surface area contributed by atoms with E-state index in [1.807, 2.05) is 74.5 Å². The molecule has 0 aliphatic heterocycles. The maximum Gasteiger partial charge on any atom is 0.408 e. The van der Waals surface area contributed by atoms with Crippen LogP contribution in [-0.4, -0.2) is 23.6 Å². The van der Waals surface area contributed by atoms with E-state index in [-0.39, 0.29) is 17.9 Å². The minimum absolute atomic E-state index is 0.229. The fourth-order valence-corrected chi connectivity index (χ4v) is 3.05. The molecule has 5 heteroatoms. The van der Waals surface area contributed by atoms with Gasteiger partial charge in [0.05, 0.1) is 6.04 Å². The second kappa shape index (κ2) is 10.1. The number of ether oxygens (including phenoxy) is 1. The van der Waals surface area contributed by atoms with Crippen LogP contribution in [0.2, 0.25) is 0 Å². The first-order valence-electron chi connectivity index (χ1n) is 10.1. The van der Waals surface area contributed by atoms with E-state index < -0.39 is 17.7 Å². The molecule has 156 valence electrons. The Morgan fingerprint density at radius 2 is 1.34 bits per heavy atom. The summed E-state index contributed by atoms with van der Waals surface area (Å²) < 4.78 is 5.34. The maximum atomic E-state index is 13.2. The molecule has 0 bridgehead atoms. The zero-order valence-electron chi connectivity index (χ0n) is 17.9. The normalized spacial score (nSPS) is 12.5. The van der Waals surface area contributed by atoms with Gasteiger partial charge < -0.3 is 15.4 Å². The van der Waals surface area contributed by atoms with Gasteiger partial charge >= 0.3 is 6.09 Å². The van der Waals surface area contributed by atoms with Gasteiger partial charge in [-0.3, -0.25) is 4.79 Å². The van der Waals surface area contributed by atoms with Gasteiger partial charge in [-0.05, 0) is 44.2 Å². The number of nitrogens with one attached hydrogen (secondary N) is 2. The highest BCUT2D eigenvalue weighted by atomic mass is 16.6. The monoisotopic (exact) mass is 396 g/mol. The van der Waals surface area contributed by atoms with E-state index in [2.05, 4.69) is 10.6 Å². The van der Waals surface area contributed by atoms with Crippen LogP contribution in [0.25, 0.3) is 0 Å². The topological polar surface area (TPSA) is 67.4 Å². The number of carbonyl (C=O) groups is 2. The highest BCUT2D eigenvalue weighted by Gasteiger charge is 2.27. The molecule has 0 radical (unpaired) electrons. The van der Waals surface area contributed by atoms with Crippen molar-refractivity contribution < 1.29 is 14.3 Å². The van der Waals surface area contributed by atoms with E-state index in [0.717, 1.165) is 11.1 Å². The number of hydrogen-bond acceptors (Lipinski definition) is 3. The summed E-state index contributed by atoms with van der Waals surface area (Å²) in [7, 11) is 0. The van der Waals surface area contributed by atoms with E-state index in [0.29, 0.717) is 6.42 Å². The molecule has 0 aliphatic carbocycles. The van der Waals surface area contributed by atoms with Crippen molar-refractivity contribution in [2.24, 2.45) is 5.92 Å². The third kappa shape index (κ3) is 7.60. The molecule has 0 fully saturated rings. The lowest BCUT2D eigenvalue weighted by molar-refractivity contribution is -0.124. The molecule has 0 saturated heterocycles. The summed E-state index contributed by atoms with van der Waals surface area (Å²) in [5.41, 5.74) is 1.33. The van der Waals surface area contributed by atoms with E-state index in [1.165, 1.54) is 0 Å². The smallest absolute Gasteiger partial charge is 0.408 e. The summed E-state index contributed by atoms with van der Waals surface area (Å²) >= 11 is 0. The molecule has 0 spiro atoms. The van der Waals surface area contributed by atoms with E-state index in [9.17, 15) is 9.59 Å². The molecule has 0 heterocycles. The van der Waals surface area contributed by atoms with Crippen molar-refractivity contribution in [2.45, 2.75) is 58.7 Å². The predicted octanol–water partition coefficient (Wildman–Crippen LogP) is 4.83. The molecule has 29 heavy (non-hydrogen) atoms. The molecule has 2 amide bonds. The quantitative estimate of drug-likeness (QED) is 0.704. The van der Waals surface area contributed by atoms with Gasteiger partial charge in [0.25, 0.3) is 0 Å². The summed E-state index contributed by atoms with van der Waals surface area (Å²) in [4.78, 5) is 25.4. The van der Waals surface area contributed by atoms with Gasteiger partial charge in [-0.15, -0.1) is 0 Å². The number of benzene rings is 2. The van der Waals surface area contributed by atoms with Crippen LogP contribution in [0.5, 0.6) is 0 Å². The molecule has 0 unspecified atom stereocenters. The molecule has 2 aromatic rings. The average Bonchev–Trinajstić information content (AvgIpc) is 2.65. The van der Waals surface area contributed by atoms with Crippen molar-refractivity contribution >= 4 is 12.0 Å². The molecule has 5 nitrogen and oxygen atoms in total. The Kier molecular flexibility index (Phi) is 7.82. The largest absolute Gasteiger partial charge is 0.444 e. The van der Waals surface area contributed by atoms with Crippen LogP contribution >= 0.6 is 0 Å². The van der Waals surface area contributed by atoms with Crippen LogP contribution in [0.15, 0.2) is 60.7 Å². The van der Waals surface area contributed by atoms with Crippen molar-refractivity contribution in [2.75, 3.05) is 0 Å². The van der Waals surface area contributed by atoms with E-state index in [4.69, 9.17) is 4.74 Å². The van der Waals surface area contributed by atoms with Crippen molar-refractivity contribution in [3.63, 3.8) is 0 Å². The molecule has 2 rings (SSSR count). The third-order valence-electron chi connectivity index (χ3n) is 4.27. The minimum Gasteiger partial charge on any atom is -0.444 e. The minimum atomic E-state index is -0.681. The number of alkyl carbamates (subject to hydrolysis) is 1. The van der Waals surface area contributed by atoms with Crippen LogP contribution in [0, 0.1) is 5.92 Å². The second-order valence-corrected chi connectivity index (χ2v) is 8.59. The van der Waals surface area contributed by atoms with Crippen molar-refractivity contribution in [1.82, 2.24) is 10.6 Å². The van der Waals surface area contributed by atoms with Crippen molar-refractivity contribution in [1.29, 1.82) is 0 Å². The van der Waals surface area contributed by atoms with Gasteiger partial charge in [0.2, 0.25) is 5.91 Å². The van der Waals surface area contributed by atoms with Gasteiger partial charge in [0, 0.05) is 0 Å². The molecule has 0 saturated carbocycles. The molecular weight excluding hydrogens is 364 g/mol. The van der Waals surface area contributed by atoms with Crippen LogP contribution in [0.3, 0.4) is 0 Å². The van der Waals surface area contributed by atoms with Crippen LogP contribution < -0.4 is 10.6 Å². The van der Waals surface area contributed by atoms with E-state index in [1.54, 1.807) is 20.8 Å². The molecule has 1 atom stereocenters. The van der Waals surface area contributed by atoms with Crippen LogP contribution in [0.4, 0.5) is 4.79 Å². The highest BCUT2D eigenvalue weighted by Crippen LogP contribution is 2.22. The number of amides is 2. The Morgan fingerprint density at radius 1 is 0.862 bits per heavy atom. The Balaban J connectivity index is 2.22. The number of rotatable bonds is 7. The summed E-state index contributed by atoms with van der Waals surface area (Å²) in [5, 5.41) is 5.85. The Hall–Kier alpha value is -2.82. The van der Waals surface area contributed by atoms with Gasteiger partial charge in [-0.1, -0.05) is 74.5 Å². The summed E-state index contributed by atoms with van der Waals surface area (Å²) in [6.07, 6.45) is -0.0734. The first-order chi connectivity index (χ1) is 13.7. The fourth-order valence-electron chi connectivity index (χ4n) is 3.05. The van der Waals surface area contributed by atoms with Crippen LogP contribution in [0.1, 0.15) is 58.2 Å². The lowest BCUT2D eigenvalue weighted by atomic mass is 9.97. The number of carbonyl (C=O) groups excluding carboxylic acids is 2. The second-order valence-electron chi connectivity index (χ2n) is 8.59. The fraction of sp³-hybridized carbons (Fsp3) is 0.417. The molecule has 0 aliphatic rings. The van der Waals surface area contributed by atoms with Gasteiger partial charge in [0.1, 0.15) is 11.6 Å². The van der Waals surface area contributed by atoms with Crippen LogP contribution in [-0.2, 0) is 9.53 Å². The Labute approximate surface area is 173 Å². The third-order valence-corrected chi connectivity index (χ3v) is 4.27. The predicted molar refractivity (Wildman–Crippen MR) is 115 cm³/mol. The first-order valence-corrected chi connectivity index (χ1v) is 10.1. The Morgan fingerprint density at radius 3 is 1.76 bits per heavy atom. The van der Waals surface area contributed by atoms with E-state index >= 15 is 0 Å². The summed E-state index contributed by atoms with van der Waals surface area (Å²) in [5.74, 6) is -0.00477. The van der Waals surface area contributed by atoms with Gasteiger partial charge in [-0.25, -0.2) is 4.79 Å². The standard InChI is InChI=1S/C24H32N2O3/c1-17(2)16-20(25-23(28)29-24(3,4)5)22(27)26-21(18-12-8-6-9-13-18)19-14-10-7-11-15-19/h6-15,17,20-21H,16H2,1-5H3,(H,25,28)(H,26,27)/t20-/m0/s1. The lowest BCUT2D eigenvalue weighted by Gasteiger charge is -2.26. The average molecular weight is 397 g/mol. The molecule has 2 N–H and O–H groups in total. The zero-order valence-corrected chi connectivity index (χ0v) is 17.9. The zero-order chi connectivity index (χ0) is 21.4. The number of hydrogen-bond donors (Lipinski definition) is 2.